The van der Waals surface area contributed by atoms with Gasteiger partial charge in [0.2, 0.25) is 0 Å². The Bertz CT molecular complexity index is 1140. The highest BCUT2D eigenvalue weighted by atomic mass is 35.5. The van der Waals surface area contributed by atoms with Gasteiger partial charge in [0.15, 0.2) is 11.6 Å². The smallest absolute Gasteiger partial charge is 0.407 e. The number of benzene rings is 2. The average Bonchev–Trinajstić information content (AvgIpc) is 2.86. The molecular weight excluding hydrogens is 512 g/mol. The minimum absolute atomic E-state index is 0. The molecule has 0 fully saturated rings. The van der Waals surface area contributed by atoms with Crippen LogP contribution in [0.4, 0.5) is 16.2 Å². The van der Waals surface area contributed by atoms with Crippen molar-refractivity contribution in [3.8, 4) is 0 Å². The predicted molar refractivity (Wildman–Crippen MR) is 148 cm³/mol. The molecule has 0 saturated carbocycles. The molecular formula is C25H33ClN8O4. The van der Waals surface area contributed by atoms with Crippen molar-refractivity contribution in [1.82, 2.24) is 5.32 Å². The van der Waals surface area contributed by atoms with Crippen molar-refractivity contribution in [2.75, 3.05) is 13.1 Å². The van der Waals surface area contributed by atoms with Crippen molar-refractivity contribution in [3.05, 3.63) is 80.5 Å². The average molecular weight is 545 g/mol. The summed E-state index contributed by atoms with van der Waals surface area (Å²) < 4.78 is 5.09. The highest BCUT2D eigenvalue weighted by Crippen LogP contribution is 2.15. The number of ether oxygens (including phenoxy) is 1. The first-order valence-electron chi connectivity index (χ1n) is 11.6. The summed E-state index contributed by atoms with van der Waals surface area (Å²) in [4.78, 5) is 40.2. The van der Waals surface area contributed by atoms with Crippen molar-refractivity contribution in [1.29, 1.82) is 0 Å². The Morgan fingerprint density at radius 2 is 1.26 bits per heavy atom. The van der Waals surface area contributed by atoms with E-state index in [4.69, 9.17) is 21.5 Å². The Labute approximate surface area is 227 Å². The lowest BCUT2D eigenvalue weighted by molar-refractivity contribution is 0.0525. The molecule has 13 heteroatoms. The zero-order chi connectivity index (χ0) is 27.7. The van der Waals surface area contributed by atoms with Gasteiger partial charge < -0.3 is 15.8 Å². The highest BCUT2D eigenvalue weighted by Gasteiger charge is 2.15. The molecule has 2 aromatic rings. The number of alkyl carbamates (subject to hydrolysis) is 1. The molecule has 0 bridgehead atoms. The van der Waals surface area contributed by atoms with E-state index in [1.807, 2.05) is 0 Å². The number of hydrogen-bond acceptors (Lipinski definition) is 7. The van der Waals surface area contributed by atoms with Crippen LogP contribution in [0, 0.1) is 0 Å². The number of halogens is 1. The molecule has 0 saturated heterocycles. The lowest BCUT2D eigenvalue weighted by atomic mass is 10.1. The van der Waals surface area contributed by atoms with Gasteiger partial charge in [0.25, 0.3) is 0 Å². The summed E-state index contributed by atoms with van der Waals surface area (Å²) in [6.07, 6.45) is 1.50. The van der Waals surface area contributed by atoms with Crippen LogP contribution in [0.25, 0.3) is 20.9 Å². The molecule has 2 rings (SSSR count). The van der Waals surface area contributed by atoms with Crippen LogP contribution in [0.2, 0.25) is 0 Å². The van der Waals surface area contributed by atoms with Crippen molar-refractivity contribution < 1.29 is 19.1 Å². The molecule has 0 aliphatic carbocycles. The van der Waals surface area contributed by atoms with E-state index in [1.54, 1.807) is 69.3 Å². The molecule has 3 N–H and O–H groups in total. The molecule has 2 aromatic carbocycles. The van der Waals surface area contributed by atoms with Gasteiger partial charge in [0.05, 0.1) is 0 Å². The van der Waals surface area contributed by atoms with E-state index in [0.717, 1.165) is 0 Å². The Morgan fingerprint density at radius 1 is 0.842 bits per heavy atom. The summed E-state index contributed by atoms with van der Waals surface area (Å²) in [6.45, 7) is 6.25. The number of nitrogens with two attached hydrogens (primary N) is 1. The lowest BCUT2D eigenvalue weighted by Gasteiger charge is -2.19. The molecule has 0 radical (unpaired) electrons. The number of nitrogens with one attached hydrogen (secondary N) is 1. The van der Waals surface area contributed by atoms with Crippen molar-refractivity contribution in [3.63, 3.8) is 0 Å². The number of carbonyl (C=O) groups is 3. The zero-order valence-corrected chi connectivity index (χ0v) is 22.5. The van der Waals surface area contributed by atoms with Gasteiger partial charge in [-0.15, -0.1) is 12.4 Å². The van der Waals surface area contributed by atoms with Gasteiger partial charge in [-0.25, -0.2) is 4.79 Å². The maximum Gasteiger partial charge on any atom is 0.407 e. The van der Waals surface area contributed by atoms with Crippen molar-refractivity contribution in [2.45, 2.75) is 52.1 Å². The summed E-state index contributed by atoms with van der Waals surface area (Å²) in [6, 6.07) is 13.0. The van der Waals surface area contributed by atoms with Gasteiger partial charge in [-0.3, -0.25) is 9.59 Å². The normalized spacial score (nSPS) is 9.79. The van der Waals surface area contributed by atoms with E-state index in [2.05, 4.69) is 25.4 Å². The van der Waals surface area contributed by atoms with Crippen molar-refractivity contribution in [2.24, 2.45) is 16.0 Å². The SMILES string of the molecule is CC(C)(C)OC(=O)NCCCC(=O)c1ccc(N=[N+]=[N-])cc1.Cl.[N-]=[N+]=Nc1ccc(C(=O)CCCN)cc1. The summed E-state index contributed by atoms with van der Waals surface area (Å²) in [7, 11) is 0. The Morgan fingerprint density at radius 3 is 1.63 bits per heavy atom. The highest BCUT2D eigenvalue weighted by molar-refractivity contribution is 5.96. The first-order chi connectivity index (χ1) is 17.6. The molecule has 0 aromatic heterocycles. The van der Waals surface area contributed by atoms with Crippen molar-refractivity contribution >= 4 is 41.4 Å². The lowest BCUT2D eigenvalue weighted by Crippen LogP contribution is -2.33. The van der Waals surface area contributed by atoms with Crippen LogP contribution in [-0.4, -0.2) is 36.4 Å². The van der Waals surface area contributed by atoms with Gasteiger partial charge in [0, 0.05) is 51.7 Å². The van der Waals surface area contributed by atoms with E-state index in [-0.39, 0.29) is 24.0 Å². The molecule has 0 aliphatic rings. The second-order valence-electron chi connectivity index (χ2n) is 8.74. The Kier molecular flexibility index (Phi) is 16.3. The van der Waals surface area contributed by atoms with Crippen LogP contribution < -0.4 is 11.1 Å². The summed E-state index contributed by atoms with van der Waals surface area (Å²) in [5.41, 5.74) is 23.4. The van der Waals surface area contributed by atoms with Crippen LogP contribution in [0.5, 0.6) is 0 Å². The molecule has 0 aliphatic heterocycles. The number of azide groups is 2. The standard InChI is InChI=1S/C15H20N4O3.C10H12N4O.ClH/c1-15(2,3)22-14(21)17-10-4-5-13(20)11-6-8-12(9-7-11)18-19-16;11-7-1-2-10(15)8-3-5-9(6-4-8)13-14-12;/h6-9H,4-5,10H2,1-3H3,(H,17,21);3-6H,1-2,7,11H2;1H. The third-order valence-electron chi connectivity index (χ3n) is 4.56. The number of ketones is 2. The third kappa shape index (κ3) is 14.5. The molecule has 0 heterocycles. The summed E-state index contributed by atoms with van der Waals surface area (Å²) >= 11 is 0. The number of Topliss-reactive ketones (excluding diaryl/α,β-unsaturated/α-hetero) is 2. The fraction of sp³-hybridized carbons (Fsp3) is 0.400. The molecule has 1 amide bonds. The van der Waals surface area contributed by atoms with Crippen LogP contribution in [0.1, 0.15) is 67.2 Å². The molecule has 204 valence electrons. The maximum atomic E-state index is 11.9. The Hall–Kier alpha value is -4.08. The maximum absolute atomic E-state index is 11.9. The summed E-state index contributed by atoms with van der Waals surface area (Å²) in [5, 5.41) is 9.46. The number of rotatable bonds is 11. The van der Waals surface area contributed by atoms with Gasteiger partial charge in [-0.05, 0) is 51.2 Å². The zero-order valence-electron chi connectivity index (χ0n) is 21.7. The first-order valence-corrected chi connectivity index (χ1v) is 11.6. The first kappa shape index (κ1) is 33.9. The second kappa shape index (κ2) is 18.2. The second-order valence-corrected chi connectivity index (χ2v) is 8.74. The molecule has 0 atom stereocenters. The van der Waals surface area contributed by atoms with E-state index in [9.17, 15) is 14.4 Å². The molecule has 0 spiro atoms. The van der Waals surface area contributed by atoms with Gasteiger partial charge in [-0.2, -0.15) is 0 Å². The van der Waals surface area contributed by atoms with E-state index >= 15 is 0 Å². The number of amides is 1. The van der Waals surface area contributed by atoms with E-state index in [0.29, 0.717) is 61.3 Å². The number of hydrogen-bond donors (Lipinski definition) is 2. The third-order valence-corrected chi connectivity index (χ3v) is 4.56. The largest absolute Gasteiger partial charge is 0.444 e. The van der Waals surface area contributed by atoms with Crippen LogP contribution in [0.3, 0.4) is 0 Å². The summed E-state index contributed by atoms with van der Waals surface area (Å²) in [5.74, 6) is 0.0337. The molecule has 12 nitrogen and oxygen atoms in total. The van der Waals surface area contributed by atoms with Crippen LogP contribution in [0.15, 0.2) is 58.8 Å². The molecule has 38 heavy (non-hydrogen) atoms. The number of carbonyl (C=O) groups excluding carboxylic acids is 3. The van der Waals surface area contributed by atoms with Crippen LogP contribution >= 0.6 is 12.4 Å². The fourth-order valence-electron chi connectivity index (χ4n) is 2.84. The monoisotopic (exact) mass is 544 g/mol. The predicted octanol–water partition coefficient (Wildman–Crippen LogP) is 7.09. The quantitative estimate of drug-likeness (QED) is 0.0998. The minimum Gasteiger partial charge on any atom is -0.444 e. The fourth-order valence-corrected chi connectivity index (χ4v) is 2.84. The van der Waals surface area contributed by atoms with E-state index in [1.165, 1.54) is 0 Å². The van der Waals surface area contributed by atoms with Gasteiger partial charge in [0.1, 0.15) is 5.60 Å². The molecule has 0 unspecified atom stereocenters. The van der Waals surface area contributed by atoms with Crippen LogP contribution in [-0.2, 0) is 4.74 Å². The van der Waals surface area contributed by atoms with Gasteiger partial charge in [-0.1, -0.05) is 58.8 Å². The Balaban J connectivity index is 0.000000750. The minimum atomic E-state index is -0.534. The van der Waals surface area contributed by atoms with Gasteiger partial charge >= 0.3 is 6.09 Å². The number of nitrogens with zero attached hydrogens (tertiary/aromatic N) is 6. The topological polar surface area (TPSA) is 196 Å². The van der Waals surface area contributed by atoms with E-state index < -0.39 is 11.7 Å².